The molecule has 0 spiro atoms. The van der Waals surface area contributed by atoms with Crippen molar-refractivity contribution in [3.8, 4) is 0 Å². The molecule has 1 aromatic rings. The lowest BCUT2D eigenvalue weighted by atomic mass is 9.48. The molecule has 146 valence electrons. The average Bonchev–Trinajstić information content (AvgIpc) is 3.12. The molecule has 0 aliphatic heterocycles. The second-order valence-electron chi connectivity index (χ2n) is 9.67. The highest BCUT2D eigenvalue weighted by atomic mass is 16.5. The van der Waals surface area contributed by atoms with Gasteiger partial charge in [0.15, 0.2) is 0 Å². The zero-order chi connectivity index (χ0) is 17.8. The van der Waals surface area contributed by atoms with Crippen molar-refractivity contribution in [1.82, 2.24) is 9.55 Å². The van der Waals surface area contributed by atoms with Crippen molar-refractivity contribution >= 4 is 0 Å². The summed E-state index contributed by atoms with van der Waals surface area (Å²) in [5.74, 6) is 2.97. The van der Waals surface area contributed by atoms with Crippen LogP contribution in [0.1, 0.15) is 84.0 Å². The summed E-state index contributed by atoms with van der Waals surface area (Å²) in [6.45, 7) is 4.24. The van der Waals surface area contributed by atoms with Gasteiger partial charge in [0, 0.05) is 19.0 Å². The lowest BCUT2D eigenvalue weighted by Crippen LogP contribution is -2.53. The van der Waals surface area contributed by atoms with Crippen LogP contribution in [0.2, 0.25) is 0 Å². The van der Waals surface area contributed by atoms with Gasteiger partial charge in [0.25, 0.3) is 0 Å². The molecule has 4 fully saturated rings. The molecule has 0 radical (unpaired) electrons. The Morgan fingerprint density at radius 3 is 2.27 bits per heavy atom. The normalized spacial score (nSPS) is 33.7. The van der Waals surface area contributed by atoms with E-state index in [0.29, 0.717) is 11.5 Å². The number of unbranched alkanes of at least 4 members (excludes halogenated alkanes) is 5. The van der Waals surface area contributed by atoms with Gasteiger partial charge in [-0.1, -0.05) is 39.0 Å². The first-order valence-electron chi connectivity index (χ1n) is 11.3. The van der Waals surface area contributed by atoms with Gasteiger partial charge < -0.3 is 9.30 Å². The third-order valence-corrected chi connectivity index (χ3v) is 7.52. The van der Waals surface area contributed by atoms with Crippen LogP contribution in [-0.4, -0.2) is 22.3 Å². The Kier molecular flexibility index (Phi) is 6.03. The Morgan fingerprint density at radius 1 is 1.00 bits per heavy atom. The molecular formula is C23H38N2O. The van der Waals surface area contributed by atoms with Crippen molar-refractivity contribution in [2.45, 2.75) is 96.6 Å². The molecule has 0 N–H and O–H groups in total. The molecule has 4 aliphatic carbocycles. The second-order valence-corrected chi connectivity index (χ2v) is 9.67. The minimum atomic E-state index is 0.390. The summed E-state index contributed by atoms with van der Waals surface area (Å²) >= 11 is 0. The Morgan fingerprint density at radius 2 is 1.65 bits per heavy atom. The number of ether oxygens (including phenoxy) is 1. The topological polar surface area (TPSA) is 27.1 Å². The third-order valence-electron chi connectivity index (χ3n) is 7.52. The van der Waals surface area contributed by atoms with E-state index in [4.69, 9.17) is 4.74 Å². The van der Waals surface area contributed by atoms with Crippen molar-refractivity contribution in [2.24, 2.45) is 23.2 Å². The van der Waals surface area contributed by atoms with E-state index in [1.54, 1.807) is 0 Å². The van der Waals surface area contributed by atoms with E-state index in [1.807, 2.05) is 12.5 Å². The van der Waals surface area contributed by atoms with E-state index in [2.05, 4.69) is 22.7 Å². The quantitative estimate of drug-likeness (QED) is 0.464. The maximum Gasteiger partial charge on any atom is 0.0946 e. The van der Waals surface area contributed by atoms with Crippen LogP contribution in [-0.2, 0) is 11.3 Å². The molecule has 1 aromatic heterocycles. The third kappa shape index (κ3) is 4.18. The van der Waals surface area contributed by atoms with E-state index in [1.165, 1.54) is 77.0 Å². The van der Waals surface area contributed by atoms with Gasteiger partial charge in [-0.05, 0) is 68.1 Å². The van der Waals surface area contributed by atoms with Crippen LogP contribution in [0.15, 0.2) is 18.7 Å². The highest BCUT2D eigenvalue weighted by Crippen LogP contribution is 2.61. The predicted octanol–water partition coefficient (Wildman–Crippen LogP) is 5.85. The molecule has 3 heteroatoms. The number of hydrogen-bond donors (Lipinski definition) is 0. The van der Waals surface area contributed by atoms with Crippen molar-refractivity contribution in [2.75, 3.05) is 6.61 Å². The van der Waals surface area contributed by atoms with E-state index in [9.17, 15) is 0 Å². The molecule has 4 aliphatic rings. The van der Waals surface area contributed by atoms with Gasteiger partial charge in [0.1, 0.15) is 0 Å². The lowest BCUT2D eigenvalue weighted by Gasteiger charge is -2.59. The highest BCUT2D eigenvalue weighted by molar-refractivity contribution is 5.05. The van der Waals surface area contributed by atoms with Gasteiger partial charge in [0.05, 0.1) is 19.0 Å². The summed E-state index contributed by atoms with van der Waals surface area (Å²) in [5.41, 5.74) is 0.460. The second kappa shape index (κ2) is 8.46. The van der Waals surface area contributed by atoms with Gasteiger partial charge in [-0.3, -0.25) is 0 Å². The Bertz CT molecular complexity index is 503. The van der Waals surface area contributed by atoms with Crippen LogP contribution in [0.5, 0.6) is 0 Å². The summed E-state index contributed by atoms with van der Waals surface area (Å²) in [6, 6.07) is 0. The van der Waals surface area contributed by atoms with E-state index in [-0.39, 0.29) is 0 Å². The maximum absolute atomic E-state index is 6.66. The monoisotopic (exact) mass is 358 g/mol. The molecule has 4 saturated carbocycles. The molecule has 0 saturated heterocycles. The highest BCUT2D eigenvalue weighted by Gasteiger charge is 2.54. The number of aromatic nitrogens is 2. The van der Waals surface area contributed by atoms with Gasteiger partial charge in [-0.2, -0.15) is 0 Å². The van der Waals surface area contributed by atoms with Gasteiger partial charge in [0.2, 0.25) is 0 Å². The molecule has 3 nitrogen and oxygen atoms in total. The molecule has 5 rings (SSSR count). The minimum absolute atomic E-state index is 0.390. The predicted molar refractivity (Wildman–Crippen MR) is 106 cm³/mol. The first-order chi connectivity index (χ1) is 12.8. The van der Waals surface area contributed by atoms with Gasteiger partial charge in [-0.15, -0.1) is 0 Å². The molecule has 1 heterocycles. The van der Waals surface area contributed by atoms with Crippen LogP contribution >= 0.6 is 0 Å². The van der Waals surface area contributed by atoms with Crippen molar-refractivity contribution in [3.05, 3.63) is 18.7 Å². The summed E-state index contributed by atoms with van der Waals surface area (Å²) < 4.78 is 8.91. The molecule has 4 bridgehead atoms. The van der Waals surface area contributed by atoms with Crippen LogP contribution in [0.4, 0.5) is 0 Å². The van der Waals surface area contributed by atoms with Gasteiger partial charge in [-0.25, -0.2) is 4.98 Å². The van der Waals surface area contributed by atoms with Crippen molar-refractivity contribution in [1.29, 1.82) is 0 Å². The van der Waals surface area contributed by atoms with Gasteiger partial charge >= 0.3 is 0 Å². The summed E-state index contributed by atoms with van der Waals surface area (Å²) in [6.07, 6.45) is 23.2. The Hall–Kier alpha value is -0.830. The van der Waals surface area contributed by atoms with E-state index >= 15 is 0 Å². The van der Waals surface area contributed by atoms with Crippen molar-refractivity contribution < 1.29 is 4.74 Å². The maximum atomic E-state index is 6.66. The molecule has 0 amide bonds. The van der Waals surface area contributed by atoms with E-state index in [0.717, 1.165) is 30.9 Å². The molecule has 0 aromatic carbocycles. The summed E-state index contributed by atoms with van der Waals surface area (Å²) in [5, 5.41) is 0. The zero-order valence-corrected chi connectivity index (χ0v) is 16.7. The van der Waals surface area contributed by atoms with Crippen LogP contribution in [0.25, 0.3) is 0 Å². The number of imidazole rings is 1. The number of nitrogens with zero attached hydrogens (tertiary/aromatic N) is 2. The molecule has 1 unspecified atom stereocenters. The van der Waals surface area contributed by atoms with E-state index < -0.39 is 0 Å². The average molecular weight is 359 g/mol. The Labute approximate surface area is 159 Å². The smallest absolute Gasteiger partial charge is 0.0946 e. The fourth-order valence-electron chi connectivity index (χ4n) is 6.69. The van der Waals surface area contributed by atoms with Crippen LogP contribution in [0, 0.1) is 23.2 Å². The fourth-order valence-corrected chi connectivity index (χ4v) is 6.69. The largest absolute Gasteiger partial charge is 0.376 e. The first kappa shape index (κ1) is 18.5. The van der Waals surface area contributed by atoms with Crippen molar-refractivity contribution in [3.63, 3.8) is 0 Å². The van der Waals surface area contributed by atoms with Crippen LogP contribution in [0.3, 0.4) is 0 Å². The Balaban J connectivity index is 1.35. The van der Waals surface area contributed by atoms with Crippen LogP contribution < -0.4 is 0 Å². The standard InChI is InChI=1S/C23H38N2O/c1-2-3-4-5-6-7-10-26-22(17-25-9-8-24-18-25)23-14-19-11-20(15-23)13-21(12-19)16-23/h8-9,18-22H,2-7,10-17H2,1H3. The molecule has 1 atom stereocenters. The summed E-state index contributed by atoms with van der Waals surface area (Å²) in [7, 11) is 0. The lowest BCUT2D eigenvalue weighted by molar-refractivity contribution is -0.147. The SMILES string of the molecule is CCCCCCCCOC(Cn1ccnc1)C12CC3CC(CC(C3)C1)C2. The minimum Gasteiger partial charge on any atom is -0.376 e. The first-order valence-corrected chi connectivity index (χ1v) is 11.3. The molecular weight excluding hydrogens is 320 g/mol. The fraction of sp³-hybridized carbons (Fsp3) is 0.870. The number of hydrogen-bond acceptors (Lipinski definition) is 2. The zero-order valence-electron chi connectivity index (χ0n) is 16.7. The summed E-state index contributed by atoms with van der Waals surface area (Å²) in [4.78, 5) is 4.27. The number of rotatable bonds is 11. The molecule has 26 heavy (non-hydrogen) atoms.